The minimum absolute atomic E-state index is 0. The number of esters is 1. The first-order chi connectivity index (χ1) is 4.96. The molecule has 0 radical (unpaired) electrons. The number of hydrogen-bond acceptors (Lipinski definition) is 3. The van der Waals surface area contributed by atoms with Gasteiger partial charge in [-0.3, -0.25) is 4.79 Å². The molecule has 0 spiro atoms. The molecule has 3 nitrogen and oxygen atoms in total. The fourth-order valence-electron chi connectivity index (χ4n) is 0.759. The van der Waals surface area contributed by atoms with Crippen molar-refractivity contribution >= 4 is 18.4 Å². The molecule has 1 unspecified atom stereocenters. The minimum Gasteiger partial charge on any atom is -0.469 e. The summed E-state index contributed by atoms with van der Waals surface area (Å²) in [6, 6.07) is 0. The second-order valence-corrected chi connectivity index (χ2v) is 3.35. The zero-order valence-corrected chi connectivity index (χ0v) is 8.90. The Morgan fingerprint density at radius 2 is 2.00 bits per heavy atom. The second kappa shape index (κ2) is 5.38. The lowest BCUT2D eigenvalue weighted by atomic mass is 9.80. The summed E-state index contributed by atoms with van der Waals surface area (Å²) in [4.78, 5) is 11.2. The zero-order chi connectivity index (χ0) is 9.07. The summed E-state index contributed by atoms with van der Waals surface area (Å²) >= 11 is 0. The Bertz CT molecular complexity index is 148. The number of carbonyl (C=O) groups is 1. The van der Waals surface area contributed by atoms with Crippen LogP contribution in [0, 0.1) is 11.3 Å². The summed E-state index contributed by atoms with van der Waals surface area (Å²) in [5, 5.41) is 0. The zero-order valence-electron chi connectivity index (χ0n) is 8.09. The van der Waals surface area contributed by atoms with E-state index in [9.17, 15) is 4.79 Å². The first-order valence-electron chi connectivity index (χ1n) is 3.75. The van der Waals surface area contributed by atoms with E-state index >= 15 is 0 Å². The summed E-state index contributed by atoms with van der Waals surface area (Å²) < 4.78 is 4.64. The molecule has 0 bridgehead atoms. The van der Waals surface area contributed by atoms with Gasteiger partial charge in [0.1, 0.15) is 0 Å². The van der Waals surface area contributed by atoms with Crippen LogP contribution in [0.2, 0.25) is 0 Å². The van der Waals surface area contributed by atoms with Crippen LogP contribution in [0.3, 0.4) is 0 Å². The van der Waals surface area contributed by atoms with Crippen molar-refractivity contribution < 1.29 is 9.53 Å². The Labute approximate surface area is 80.1 Å². The van der Waals surface area contributed by atoms with Gasteiger partial charge in [0, 0.05) is 0 Å². The van der Waals surface area contributed by atoms with Crippen molar-refractivity contribution in [3.63, 3.8) is 0 Å². The molecular formula is C8H18ClNO2. The molecule has 0 aliphatic heterocycles. The quantitative estimate of drug-likeness (QED) is 0.689. The molecule has 0 rings (SSSR count). The van der Waals surface area contributed by atoms with Crippen molar-refractivity contribution in [3.8, 4) is 0 Å². The monoisotopic (exact) mass is 195 g/mol. The fraction of sp³-hybridized carbons (Fsp3) is 0.875. The molecular weight excluding hydrogens is 178 g/mol. The number of rotatable bonds is 3. The summed E-state index contributed by atoms with van der Waals surface area (Å²) in [5.41, 5.74) is 4.97. The molecule has 0 aromatic rings. The average molecular weight is 196 g/mol. The van der Waals surface area contributed by atoms with E-state index in [0.717, 1.165) is 0 Å². The van der Waals surface area contributed by atoms with Crippen molar-refractivity contribution in [2.24, 2.45) is 17.1 Å². The van der Waals surface area contributed by atoms with Crippen molar-refractivity contribution in [1.82, 2.24) is 0 Å². The number of methoxy groups -OCH3 is 1. The Morgan fingerprint density at radius 3 is 2.25 bits per heavy atom. The molecule has 1 atom stereocenters. The van der Waals surface area contributed by atoms with E-state index in [4.69, 9.17) is 5.73 Å². The van der Waals surface area contributed by atoms with Crippen LogP contribution in [0.1, 0.15) is 20.8 Å². The van der Waals surface area contributed by atoms with Gasteiger partial charge in [-0.25, -0.2) is 0 Å². The lowest BCUT2D eigenvalue weighted by Crippen LogP contribution is -2.36. The number of carbonyl (C=O) groups excluding carboxylic acids is 1. The molecule has 2 N–H and O–H groups in total. The maximum Gasteiger partial charge on any atom is 0.311 e. The van der Waals surface area contributed by atoms with Gasteiger partial charge in [0.05, 0.1) is 12.5 Å². The highest BCUT2D eigenvalue weighted by Gasteiger charge is 2.33. The van der Waals surface area contributed by atoms with Crippen LogP contribution in [0.5, 0.6) is 0 Å². The normalized spacial score (nSPS) is 13.1. The van der Waals surface area contributed by atoms with Crippen LogP contribution in [0.4, 0.5) is 0 Å². The van der Waals surface area contributed by atoms with E-state index < -0.39 is 5.41 Å². The Balaban J connectivity index is 0. The van der Waals surface area contributed by atoms with E-state index in [-0.39, 0.29) is 24.3 Å². The molecule has 0 saturated heterocycles. The van der Waals surface area contributed by atoms with Gasteiger partial charge in [0.2, 0.25) is 0 Å². The van der Waals surface area contributed by atoms with Crippen molar-refractivity contribution in [2.75, 3.05) is 13.7 Å². The standard InChI is InChI=1S/C8H17NO2.ClH/c1-6(5-9)8(2,3)7(10)11-4;/h6H,5,9H2,1-4H3;1H. The molecule has 4 heteroatoms. The predicted molar refractivity (Wildman–Crippen MR) is 51.3 cm³/mol. The maximum atomic E-state index is 11.2. The molecule has 0 aliphatic rings. The lowest BCUT2D eigenvalue weighted by molar-refractivity contribution is -0.153. The third-order valence-corrected chi connectivity index (χ3v) is 2.30. The van der Waals surface area contributed by atoms with Gasteiger partial charge in [-0.15, -0.1) is 12.4 Å². The molecule has 0 amide bonds. The van der Waals surface area contributed by atoms with Crippen molar-refractivity contribution in [2.45, 2.75) is 20.8 Å². The van der Waals surface area contributed by atoms with E-state index in [0.29, 0.717) is 6.54 Å². The number of nitrogens with two attached hydrogens (primary N) is 1. The van der Waals surface area contributed by atoms with Crippen LogP contribution in [-0.4, -0.2) is 19.6 Å². The third-order valence-electron chi connectivity index (χ3n) is 2.30. The average Bonchev–Trinajstić information content (AvgIpc) is 2.01. The van der Waals surface area contributed by atoms with Crippen LogP contribution < -0.4 is 5.73 Å². The molecule has 0 heterocycles. The summed E-state index contributed by atoms with van der Waals surface area (Å²) in [7, 11) is 1.40. The van der Waals surface area contributed by atoms with Crippen LogP contribution in [0.25, 0.3) is 0 Å². The summed E-state index contributed by atoms with van der Waals surface area (Å²) in [6.07, 6.45) is 0. The minimum atomic E-state index is -0.469. The predicted octanol–water partition coefficient (Wildman–Crippen LogP) is 1.20. The Hall–Kier alpha value is -0.280. The number of ether oxygens (including phenoxy) is 1. The van der Waals surface area contributed by atoms with Gasteiger partial charge in [-0.1, -0.05) is 6.92 Å². The third kappa shape index (κ3) is 2.99. The van der Waals surface area contributed by atoms with E-state index in [1.807, 2.05) is 20.8 Å². The first-order valence-corrected chi connectivity index (χ1v) is 3.75. The van der Waals surface area contributed by atoms with Gasteiger partial charge < -0.3 is 10.5 Å². The lowest BCUT2D eigenvalue weighted by Gasteiger charge is -2.27. The van der Waals surface area contributed by atoms with Gasteiger partial charge >= 0.3 is 5.97 Å². The summed E-state index contributed by atoms with van der Waals surface area (Å²) in [5.74, 6) is -0.0506. The van der Waals surface area contributed by atoms with Gasteiger partial charge in [-0.05, 0) is 26.3 Å². The first kappa shape index (κ1) is 14.3. The number of hydrogen-bond donors (Lipinski definition) is 1. The van der Waals surface area contributed by atoms with Gasteiger partial charge in [0.15, 0.2) is 0 Å². The Morgan fingerprint density at radius 1 is 1.58 bits per heavy atom. The largest absolute Gasteiger partial charge is 0.469 e. The molecule has 0 aliphatic carbocycles. The highest BCUT2D eigenvalue weighted by atomic mass is 35.5. The molecule has 0 fully saturated rings. The summed E-state index contributed by atoms with van der Waals surface area (Å²) in [6.45, 7) is 6.13. The van der Waals surface area contributed by atoms with Crippen LogP contribution >= 0.6 is 12.4 Å². The molecule has 12 heavy (non-hydrogen) atoms. The van der Waals surface area contributed by atoms with E-state index in [1.54, 1.807) is 0 Å². The molecule has 0 aromatic heterocycles. The van der Waals surface area contributed by atoms with E-state index in [2.05, 4.69) is 4.74 Å². The van der Waals surface area contributed by atoms with Crippen LogP contribution in [0.15, 0.2) is 0 Å². The highest BCUT2D eigenvalue weighted by molar-refractivity contribution is 5.85. The molecule has 0 aromatic carbocycles. The topological polar surface area (TPSA) is 52.3 Å². The van der Waals surface area contributed by atoms with E-state index in [1.165, 1.54) is 7.11 Å². The number of halogens is 1. The molecule has 74 valence electrons. The fourth-order valence-corrected chi connectivity index (χ4v) is 0.759. The maximum absolute atomic E-state index is 11.2. The second-order valence-electron chi connectivity index (χ2n) is 3.35. The SMILES string of the molecule is COC(=O)C(C)(C)C(C)CN.Cl. The van der Waals surface area contributed by atoms with Crippen LogP contribution in [-0.2, 0) is 9.53 Å². The van der Waals surface area contributed by atoms with Gasteiger partial charge in [-0.2, -0.15) is 0 Å². The highest BCUT2D eigenvalue weighted by Crippen LogP contribution is 2.26. The van der Waals surface area contributed by atoms with Crippen molar-refractivity contribution in [3.05, 3.63) is 0 Å². The van der Waals surface area contributed by atoms with Crippen molar-refractivity contribution in [1.29, 1.82) is 0 Å². The molecule has 0 saturated carbocycles. The van der Waals surface area contributed by atoms with Gasteiger partial charge in [0.25, 0.3) is 0 Å². The smallest absolute Gasteiger partial charge is 0.311 e. The Kier molecular flexibility index (Phi) is 6.39.